The highest BCUT2D eigenvalue weighted by Gasteiger charge is 1.76. The van der Waals surface area contributed by atoms with Crippen molar-refractivity contribution >= 4 is 0 Å². The van der Waals surface area contributed by atoms with E-state index in [1.165, 1.54) is 0 Å². The van der Waals surface area contributed by atoms with E-state index in [1.807, 2.05) is 30.4 Å². The summed E-state index contributed by atoms with van der Waals surface area (Å²) in [5, 5.41) is 0. The van der Waals surface area contributed by atoms with Crippen LogP contribution in [0.1, 0.15) is 19.3 Å². The van der Waals surface area contributed by atoms with E-state index < -0.39 is 0 Å². The molecule has 0 heterocycles. The van der Waals surface area contributed by atoms with Crippen LogP contribution in [0.5, 0.6) is 0 Å². The average Bonchev–Trinajstić information content (AvgIpc) is 2.27. The minimum Gasteiger partial charge on any atom is -0.0879 e. The molecule has 0 radical (unpaired) electrons. The highest BCUT2D eigenvalue weighted by atomic mass is 13.8. The minimum atomic E-state index is 1.02. The van der Waals surface area contributed by atoms with Crippen LogP contribution in [-0.2, 0) is 0 Å². The minimum absolute atomic E-state index is 1.02. The topological polar surface area (TPSA) is 0 Å². The van der Waals surface area contributed by atoms with Crippen molar-refractivity contribution in [3.63, 3.8) is 0 Å². The van der Waals surface area contributed by atoms with Crippen LogP contribution in [0.15, 0.2) is 72.9 Å². The molecule has 0 saturated carbocycles. The fraction of sp³-hybridized carbons (Fsp3) is 0.200. The van der Waals surface area contributed by atoms with Gasteiger partial charge in [0.25, 0.3) is 0 Å². The molecule has 0 unspecified atom stereocenters. The van der Waals surface area contributed by atoms with Crippen molar-refractivity contribution in [3.8, 4) is 0 Å². The Morgan fingerprint density at radius 2 is 0.933 bits per heavy atom. The molecule has 0 amide bonds. The van der Waals surface area contributed by atoms with Gasteiger partial charge in [0.1, 0.15) is 0 Å². The van der Waals surface area contributed by atoms with Gasteiger partial charge in [0.15, 0.2) is 0 Å². The lowest BCUT2D eigenvalue weighted by Crippen LogP contribution is -1.64. The van der Waals surface area contributed by atoms with Gasteiger partial charge in [0.05, 0.1) is 0 Å². The van der Waals surface area contributed by atoms with E-state index in [4.69, 9.17) is 0 Å². The third-order valence-electron chi connectivity index (χ3n) is 1.99. The molecule has 0 spiro atoms. The highest BCUT2D eigenvalue weighted by molar-refractivity contribution is 5.18. The summed E-state index contributed by atoms with van der Waals surface area (Å²) in [4.78, 5) is 0. The van der Waals surface area contributed by atoms with Gasteiger partial charge in [-0.25, -0.2) is 0 Å². The molecule has 0 bridgehead atoms. The van der Waals surface area contributed by atoms with Crippen LogP contribution < -0.4 is 0 Å². The molecule has 1 rings (SSSR count). The van der Waals surface area contributed by atoms with Gasteiger partial charge in [-0.05, 0) is 19.3 Å². The van der Waals surface area contributed by atoms with E-state index in [-0.39, 0.29) is 0 Å². The standard InChI is InChI=1S/C15H18/c1-2-4-6-8-10-12-14-15-13-11-9-7-5-3-1/h1-10,13,15H,11-12,14H2/b2-1-,5-3-,6-4-,9-7-,10-8-,15-13-. The zero-order valence-electron chi connectivity index (χ0n) is 9.05. The Bertz CT molecular complexity index is 309. The van der Waals surface area contributed by atoms with Crippen LogP contribution in [0, 0.1) is 0 Å². The van der Waals surface area contributed by atoms with Crippen molar-refractivity contribution in [2.75, 3.05) is 0 Å². The molecule has 0 nitrogen and oxygen atoms in total. The molecule has 1 aliphatic rings. The first-order valence-corrected chi connectivity index (χ1v) is 5.47. The molecule has 0 aliphatic heterocycles. The summed E-state index contributed by atoms with van der Waals surface area (Å²) in [6, 6.07) is 0. The third kappa shape index (κ3) is 7.51. The van der Waals surface area contributed by atoms with Crippen LogP contribution in [-0.4, -0.2) is 0 Å². The van der Waals surface area contributed by atoms with Gasteiger partial charge in [0.2, 0.25) is 0 Å². The first-order chi connectivity index (χ1) is 7.50. The molecule has 1 aliphatic carbocycles. The van der Waals surface area contributed by atoms with Crippen molar-refractivity contribution in [1.29, 1.82) is 0 Å². The Kier molecular flexibility index (Phi) is 6.92. The molecule has 78 valence electrons. The quantitative estimate of drug-likeness (QED) is 0.502. The number of allylic oxidation sites excluding steroid dienone is 12. The fourth-order valence-electron chi connectivity index (χ4n) is 1.20. The lowest BCUT2D eigenvalue weighted by atomic mass is 10.2. The maximum atomic E-state index is 2.24. The lowest BCUT2D eigenvalue weighted by Gasteiger charge is -1.85. The Morgan fingerprint density at radius 3 is 1.67 bits per heavy atom. The number of hydrogen-bond donors (Lipinski definition) is 0. The van der Waals surface area contributed by atoms with E-state index in [1.54, 1.807) is 0 Å². The molecule has 0 aromatic heterocycles. The summed E-state index contributed by atoms with van der Waals surface area (Å²) < 4.78 is 0. The molecule has 15 heavy (non-hydrogen) atoms. The Balaban J connectivity index is 2.51. The van der Waals surface area contributed by atoms with E-state index in [0.29, 0.717) is 0 Å². The molecule has 0 fully saturated rings. The van der Waals surface area contributed by atoms with Crippen LogP contribution >= 0.6 is 0 Å². The zero-order valence-corrected chi connectivity index (χ0v) is 9.05. The molecule has 0 saturated heterocycles. The van der Waals surface area contributed by atoms with Crippen molar-refractivity contribution in [1.82, 2.24) is 0 Å². The Labute approximate surface area is 92.7 Å². The molecule has 0 aromatic rings. The van der Waals surface area contributed by atoms with Crippen molar-refractivity contribution < 1.29 is 0 Å². The fourth-order valence-corrected chi connectivity index (χ4v) is 1.20. The van der Waals surface area contributed by atoms with Gasteiger partial charge in [0, 0.05) is 0 Å². The molecule has 0 atom stereocenters. The lowest BCUT2D eigenvalue weighted by molar-refractivity contribution is 1.04. The summed E-state index contributed by atoms with van der Waals surface area (Å²) in [6.45, 7) is 0. The van der Waals surface area contributed by atoms with Crippen molar-refractivity contribution in [3.05, 3.63) is 72.9 Å². The number of rotatable bonds is 0. The monoisotopic (exact) mass is 198 g/mol. The molecule has 0 N–H and O–H groups in total. The Morgan fingerprint density at radius 1 is 0.400 bits per heavy atom. The summed E-state index contributed by atoms with van der Waals surface area (Å²) in [5.74, 6) is 0. The van der Waals surface area contributed by atoms with Gasteiger partial charge in [-0.3, -0.25) is 0 Å². The summed E-state index contributed by atoms with van der Waals surface area (Å²) in [6.07, 6.45) is 28.5. The van der Waals surface area contributed by atoms with Gasteiger partial charge < -0.3 is 0 Å². The summed E-state index contributed by atoms with van der Waals surface area (Å²) in [7, 11) is 0. The largest absolute Gasteiger partial charge is 0.0879 e. The molecule has 0 aromatic carbocycles. The third-order valence-corrected chi connectivity index (χ3v) is 1.99. The maximum Gasteiger partial charge on any atom is -0.0166 e. The molecular weight excluding hydrogens is 180 g/mol. The second-order valence-electron chi connectivity index (χ2n) is 3.30. The average molecular weight is 198 g/mol. The van der Waals surface area contributed by atoms with Crippen molar-refractivity contribution in [2.24, 2.45) is 0 Å². The van der Waals surface area contributed by atoms with Crippen LogP contribution in [0.25, 0.3) is 0 Å². The zero-order chi connectivity index (χ0) is 10.6. The summed E-state index contributed by atoms with van der Waals surface area (Å²) in [5.41, 5.74) is 0. The van der Waals surface area contributed by atoms with Crippen LogP contribution in [0.4, 0.5) is 0 Å². The highest BCUT2D eigenvalue weighted by Crippen LogP contribution is 1.96. The molecular formula is C15H18. The second kappa shape index (κ2) is 9.01. The van der Waals surface area contributed by atoms with E-state index in [2.05, 4.69) is 42.5 Å². The second-order valence-corrected chi connectivity index (χ2v) is 3.30. The molecule has 0 heteroatoms. The Hall–Kier alpha value is -1.56. The van der Waals surface area contributed by atoms with E-state index >= 15 is 0 Å². The van der Waals surface area contributed by atoms with E-state index in [9.17, 15) is 0 Å². The summed E-state index contributed by atoms with van der Waals surface area (Å²) >= 11 is 0. The predicted octanol–water partition coefficient (Wildman–Crippen LogP) is 4.51. The SMILES string of the molecule is C1=C\C=C/C=C\CC/C=C\C/C=C\C=C/1. The predicted molar refractivity (Wildman–Crippen MR) is 68.7 cm³/mol. The van der Waals surface area contributed by atoms with Crippen molar-refractivity contribution in [2.45, 2.75) is 19.3 Å². The van der Waals surface area contributed by atoms with Gasteiger partial charge in [-0.15, -0.1) is 0 Å². The normalized spacial score (nSPS) is 30.4. The maximum absolute atomic E-state index is 2.24. The van der Waals surface area contributed by atoms with Gasteiger partial charge >= 0.3 is 0 Å². The van der Waals surface area contributed by atoms with E-state index in [0.717, 1.165) is 19.3 Å². The van der Waals surface area contributed by atoms with Crippen LogP contribution in [0.3, 0.4) is 0 Å². The first kappa shape index (κ1) is 11.5. The smallest absolute Gasteiger partial charge is 0.0166 e. The van der Waals surface area contributed by atoms with Crippen LogP contribution in [0.2, 0.25) is 0 Å². The first-order valence-electron chi connectivity index (χ1n) is 5.47. The number of hydrogen-bond acceptors (Lipinski definition) is 0. The van der Waals surface area contributed by atoms with Gasteiger partial charge in [-0.2, -0.15) is 0 Å². The van der Waals surface area contributed by atoms with Gasteiger partial charge in [-0.1, -0.05) is 72.9 Å².